The maximum Gasteiger partial charge on any atom is 0.234 e. The van der Waals surface area contributed by atoms with Crippen LogP contribution in [-0.2, 0) is 4.79 Å². The van der Waals surface area contributed by atoms with Gasteiger partial charge in [0, 0.05) is 18.0 Å². The van der Waals surface area contributed by atoms with Crippen molar-refractivity contribution in [3.05, 3.63) is 78.5 Å². The Kier molecular flexibility index (Phi) is 6.28. The number of nitrogens with zero attached hydrogens (tertiary/aromatic N) is 4. The Balaban J connectivity index is 1.59. The average Bonchev–Trinajstić information content (AvgIpc) is 3.22. The Hall–Kier alpha value is -3.65. The van der Waals surface area contributed by atoms with Gasteiger partial charge in [0.1, 0.15) is 11.4 Å². The predicted octanol–water partition coefficient (Wildman–Crippen LogP) is 4.38. The third-order valence-electron chi connectivity index (χ3n) is 4.57. The first-order valence-electron chi connectivity index (χ1n) is 9.65. The highest BCUT2D eigenvalue weighted by Gasteiger charge is 2.19. The first-order chi connectivity index (χ1) is 15.2. The molecule has 4 rings (SSSR count). The van der Waals surface area contributed by atoms with Gasteiger partial charge in [-0.15, -0.1) is 10.2 Å². The highest BCUT2D eigenvalue weighted by Crippen LogP contribution is 2.28. The zero-order valence-electron chi connectivity index (χ0n) is 17.1. The zero-order chi connectivity index (χ0) is 21.6. The number of amides is 1. The molecule has 156 valence electrons. The first-order valence-corrected chi connectivity index (χ1v) is 10.6. The molecule has 0 aliphatic heterocycles. The van der Waals surface area contributed by atoms with Gasteiger partial charge in [-0.1, -0.05) is 42.1 Å². The number of hydrogen-bond donors (Lipinski definition) is 1. The second-order valence-corrected chi connectivity index (χ2v) is 7.65. The van der Waals surface area contributed by atoms with Gasteiger partial charge < -0.3 is 10.1 Å². The van der Waals surface area contributed by atoms with Gasteiger partial charge in [0.25, 0.3) is 0 Å². The minimum atomic E-state index is -0.142. The van der Waals surface area contributed by atoms with Crippen LogP contribution in [0.4, 0.5) is 5.69 Å². The molecule has 0 unspecified atom stereocenters. The summed E-state index contributed by atoms with van der Waals surface area (Å²) >= 11 is 1.32. The van der Waals surface area contributed by atoms with Gasteiger partial charge in [-0.25, -0.2) is 0 Å². The number of thioether (sulfide) groups is 1. The molecule has 8 heteroatoms. The molecular formula is C23H21N5O2S. The lowest BCUT2D eigenvalue weighted by atomic mass is 10.2. The molecule has 2 heterocycles. The van der Waals surface area contributed by atoms with Gasteiger partial charge >= 0.3 is 0 Å². The number of benzene rings is 2. The number of ether oxygens (including phenoxy) is 1. The van der Waals surface area contributed by atoms with E-state index in [-0.39, 0.29) is 11.7 Å². The number of methoxy groups -OCH3 is 1. The van der Waals surface area contributed by atoms with Crippen LogP contribution < -0.4 is 10.1 Å². The molecule has 0 radical (unpaired) electrons. The lowest BCUT2D eigenvalue weighted by Crippen LogP contribution is -2.14. The monoisotopic (exact) mass is 431 g/mol. The number of aryl methyl sites for hydroxylation is 1. The van der Waals surface area contributed by atoms with Crippen molar-refractivity contribution in [2.75, 3.05) is 18.2 Å². The van der Waals surface area contributed by atoms with Gasteiger partial charge in [0.05, 0.1) is 18.6 Å². The molecule has 0 aliphatic carbocycles. The summed E-state index contributed by atoms with van der Waals surface area (Å²) in [5.74, 6) is 1.36. The standard InChI is InChI=1S/C23H21N5O2S/c1-16-8-3-4-12-20(16)28-22(19-11-5-6-13-24-19)26-27-23(28)31-15-21(29)25-17-9-7-10-18(14-17)30-2/h3-14H,15H2,1-2H3,(H,25,29). The molecule has 1 amide bonds. The fourth-order valence-electron chi connectivity index (χ4n) is 3.08. The van der Waals surface area contributed by atoms with Crippen LogP contribution >= 0.6 is 11.8 Å². The van der Waals surface area contributed by atoms with E-state index in [2.05, 4.69) is 20.5 Å². The van der Waals surface area contributed by atoms with E-state index in [9.17, 15) is 4.79 Å². The van der Waals surface area contributed by atoms with Crippen molar-refractivity contribution in [3.8, 4) is 23.0 Å². The normalized spacial score (nSPS) is 10.6. The van der Waals surface area contributed by atoms with E-state index in [1.165, 1.54) is 11.8 Å². The number of aromatic nitrogens is 4. The summed E-state index contributed by atoms with van der Waals surface area (Å²) in [5, 5.41) is 12.2. The SMILES string of the molecule is COc1cccc(NC(=O)CSc2nnc(-c3ccccn3)n2-c2ccccc2C)c1. The van der Waals surface area contributed by atoms with Crippen LogP contribution in [0.15, 0.2) is 78.1 Å². The van der Waals surface area contributed by atoms with Gasteiger partial charge in [-0.05, 0) is 42.8 Å². The Morgan fingerprint density at radius 1 is 1.06 bits per heavy atom. The summed E-state index contributed by atoms with van der Waals surface area (Å²) in [5.41, 5.74) is 3.41. The molecule has 7 nitrogen and oxygen atoms in total. The molecule has 0 saturated carbocycles. The smallest absolute Gasteiger partial charge is 0.234 e. The van der Waals surface area contributed by atoms with Crippen LogP contribution in [0, 0.1) is 6.92 Å². The number of para-hydroxylation sites is 1. The number of carbonyl (C=O) groups excluding carboxylic acids is 1. The maximum atomic E-state index is 12.5. The molecule has 31 heavy (non-hydrogen) atoms. The summed E-state index contributed by atoms with van der Waals surface area (Å²) in [6, 6.07) is 20.9. The quantitative estimate of drug-likeness (QED) is 0.438. The largest absolute Gasteiger partial charge is 0.497 e. The van der Waals surface area contributed by atoms with Crippen LogP contribution in [-0.4, -0.2) is 38.5 Å². The van der Waals surface area contributed by atoms with Gasteiger partial charge in [0.2, 0.25) is 5.91 Å². The van der Waals surface area contributed by atoms with Gasteiger partial charge in [-0.2, -0.15) is 0 Å². The van der Waals surface area contributed by atoms with Crippen molar-refractivity contribution in [2.45, 2.75) is 12.1 Å². The van der Waals surface area contributed by atoms with Crippen LogP contribution in [0.3, 0.4) is 0 Å². The Morgan fingerprint density at radius 3 is 2.68 bits per heavy atom. The summed E-state index contributed by atoms with van der Waals surface area (Å²) < 4.78 is 7.15. The first kappa shape index (κ1) is 20.6. The molecular weight excluding hydrogens is 410 g/mol. The number of nitrogens with one attached hydrogen (secondary N) is 1. The van der Waals surface area contributed by atoms with E-state index in [0.717, 1.165) is 11.3 Å². The highest BCUT2D eigenvalue weighted by molar-refractivity contribution is 7.99. The molecule has 0 atom stereocenters. The van der Waals surface area contributed by atoms with Crippen LogP contribution in [0.5, 0.6) is 5.75 Å². The van der Waals surface area contributed by atoms with Crippen molar-refractivity contribution in [2.24, 2.45) is 0 Å². The second-order valence-electron chi connectivity index (χ2n) is 6.71. The number of pyridine rings is 1. The molecule has 0 aliphatic rings. The Bertz CT molecular complexity index is 1190. The zero-order valence-corrected chi connectivity index (χ0v) is 18.0. The van der Waals surface area contributed by atoms with Crippen LogP contribution in [0.1, 0.15) is 5.56 Å². The van der Waals surface area contributed by atoms with Crippen molar-refractivity contribution < 1.29 is 9.53 Å². The van der Waals surface area contributed by atoms with Gasteiger partial charge in [0.15, 0.2) is 11.0 Å². The van der Waals surface area contributed by atoms with E-state index in [1.807, 2.05) is 72.2 Å². The second kappa shape index (κ2) is 9.44. The average molecular weight is 432 g/mol. The predicted molar refractivity (Wildman–Crippen MR) is 122 cm³/mol. The molecule has 0 fully saturated rings. The number of carbonyl (C=O) groups is 1. The summed E-state index contributed by atoms with van der Waals surface area (Å²) in [6.45, 7) is 2.03. The van der Waals surface area contributed by atoms with Crippen molar-refractivity contribution >= 4 is 23.4 Å². The van der Waals surface area contributed by atoms with Crippen molar-refractivity contribution in [1.29, 1.82) is 0 Å². The van der Waals surface area contributed by atoms with Gasteiger partial charge in [-0.3, -0.25) is 14.3 Å². The van der Waals surface area contributed by atoms with E-state index < -0.39 is 0 Å². The molecule has 0 saturated heterocycles. The topological polar surface area (TPSA) is 81.9 Å². The fourth-order valence-corrected chi connectivity index (χ4v) is 3.83. The Morgan fingerprint density at radius 2 is 1.90 bits per heavy atom. The molecule has 2 aromatic carbocycles. The highest BCUT2D eigenvalue weighted by atomic mass is 32.2. The van der Waals surface area contributed by atoms with E-state index in [1.54, 1.807) is 19.4 Å². The Labute approximate surface area is 184 Å². The van der Waals surface area contributed by atoms with E-state index >= 15 is 0 Å². The molecule has 4 aromatic rings. The molecule has 0 spiro atoms. The van der Waals surface area contributed by atoms with Crippen LogP contribution in [0.2, 0.25) is 0 Å². The molecule has 2 aromatic heterocycles. The maximum absolute atomic E-state index is 12.5. The lowest BCUT2D eigenvalue weighted by molar-refractivity contribution is -0.113. The third kappa shape index (κ3) is 4.75. The number of anilines is 1. The third-order valence-corrected chi connectivity index (χ3v) is 5.50. The minimum Gasteiger partial charge on any atom is -0.497 e. The van der Waals surface area contributed by atoms with Crippen LogP contribution in [0.25, 0.3) is 17.2 Å². The summed E-state index contributed by atoms with van der Waals surface area (Å²) in [4.78, 5) is 17.0. The lowest BCUT2D eigenvalue weighted by Gasteiger charge is -2.12. The number of rotatable bonds is 7. The minimum absolute atomic E-state index is 0.142. The van der Waals surface area contributed by atoms with E-state index in [0.29, 0.717) is 28.1 Å². The molecule has 1 N–H and O–H groups in total. The van der Waals surface area contributed by atoms with Crippen molar-refractivity contribution in [1.82, 2.24) is 19.7 Å². The fraction of sp³-hybridized carbons (Fsp3) is 0.130. The van der Waals surface area contributed by atoms with Crippen molar-refractivity contribution in [3.63, 3.8) is 0 Å². The van der Waals surface area contributed by atoms with E-state index in [4.69, 9.17) is 4.74 Å². The summed E-state index contributed by atoms with van der Waals surface area (Å²) in [6.07, 6.45) is 1.72. The number of hydrogen-bond acceptors (Lipinski definition) is 6. The molecule has 0 bridgehead atoms. The summed E-state index contributed by atoms with van der Waals surface area (Å²) in [7, 11) is 1.59.